The molecule has 1 N–H and O–H groups in total. The fraction of sp³-hybridized carbons (Fsp3) is 0.222. The highest BCUT2D eigenvalue weighted by atomic mass is 79.9. The number of para-hydroxylation sites is 1. The monoisotopic (exact) mass is 263 g/mol. The number of carbonyl (C=O) groups excluding carboxylic acids is 1. The summed E-state index contributed by atoms with van der Waals surface area (Å²) in [7, 11) is 0. The van der Waals surface area contributed by atoms with Crippen LogP contribution >= 0.6 is 15.9 Å². The predicted molar refractivity (Wildman–Crippen MR) is 53.4 cm³/mol. The molecule has 76 valence electrons. The number of anilines is 1. The average Bonchev–Trinajstić information content (AvgIpc) is 2.11. The van der Waals surface area contributed by atoms with E-state index in [1.807, 2.05) is 0 Å². The number of nitrogens with one attached hydrogen (secondary N) is 1. The van der Waals surface area contributed by atoms with E-state index in [0.717, 1.165) is 12.1 Å². The molecule has 0 aliphatic heterocycles. The van der Waals surface area contributed by atoms with Crippen LogP contribution in [0.2, 0.25) is 0 Å². The molecule has 0 spiro atoms. The normalized spacial score (nSPS) is 12.3. The van der Waals surface area contributed by atoms with Crippen LogP contribution in [0.15, 0.2) is 18.2 Å². The molecule has 0 aliphatic carbocycles. The standard InChI is InChI=1S/C9H8BrF2NO/c1-5(10)9(14)13-8-6(11)3-2-4-7(8)12/h2-5H,1H3,(H,13,14)/t5-/m0/s1. The minimum Gasteiger partial charge on any atom is -0.320 e. The summed E-state index contributed by atoms with van der Waals surface area (Å²) in [6, 6.07) is 3.40. The Hall–Kier alpha value is -0.970. The summed E-state index contributed by atoms with van der Waals surface area (Å²) in [6.45, 7) is 1.56. The molecule has 0 saturated carbocycles. The molecular formula is C9H8BrF2NO. The van der Waals surface area contributed by atoms with Gasteiger partial charge < -0.3 is 5.32 Å². The van der Waals surface area contributed by atoms with E-state index in [-0.39, 0.29) is 0 Å². The van der Waals surface area contributed by atoms with Gasteiger partial charge in [0, 0.05) is 0 Å². The van der Waals surface area contributed by atoms with Crippen molar-refractivity contribution in [2.45, 2.75) is 11.8 Å². The molecule has 1 rings (SSSR count). The lowest BCUT2D eigenvalue weighted by Crippen LogP contribution is -2.21. The van der Waals surface area contributed by atoms with Gasteiger partial charge in [-0.3, -0.25) is 4.79 Å². The second-order valence-corrected chi connectivity index (χ2v) is 4.08. The molecule has 1 aromatic carbocycles. The number of hydrogen-bond donors (Lipinski definition) is 1. The topological polar surface area (TPSA) is 29.1 Å². The lowest BCUT2D eigenvalue weighted by Gasteiger charge is -2.08. The lowest BCUT2D eigenvalue weighted by atomic mass is 10.3. The van der Waals surface area contributed by atoms with Crippen LogP contribution < -0.4 is 5.32 Å². The number of rotatable bonds is 2. The largest absolute Gasteiger partial charge is 0.320 e. The van der Waals surface area contributed by atoms with Gasteiger partial charge in [-0.15, -0.1) is 0 Å². The van der Waals surface area contributed by atoms with Crippen LogP contribution in [0.3, 0.4) is 0 Å². The zero-order valence-corrected chi connectivity index (χ0v) is 8.94. The third-order valence-corrected chi connectivity index (χ3v) is 1.99. The molecule has 0 heterocycles. The minimum atomic E-state index is -0.786. The Morgan fingerprint density at radius 3 is 2.36 bits per heavy atom. The van der Waals surface area contributed by atoms with Crippen molar-refractivity contribution >= 4 is 27.5 Å². The molecule has 1 aromatic rings. The van der Waals surface area contributed by atoms with E-state index in [1.54, 1.807) is 6.92 Å². The summed E-state index contributed by atoms with van der Waals surface area (Å²) in [5.41, 5.74) is -0.413. The van der Waals surface area contributed by atoms with Crippen LogP contribution in [0, 0.1) is 11.6 Å². The summed E-state index contributed by atoms with van der Waals surface area (Å²) in [5, 5.41) is 2.14. The first-order valence-electron chi connectivity index (χ1n) is 3.91. The number of halogens is 3. The fourth-order valence-electron chi connectivity index (χ4n) is 0.840. The summed E-state index contributed by atoms with van der Waals surface area (Å²) in [5.74, 6) is -2.06. The van der Waals surface area contributed by atoms with Gasteiger partial charge in [-0.1, -0.05) is 22.0 Å². The van der Waals surface area contributed by atoms with Crippen molar-refractivity contribution in [1.82, 2.24) is 0 Å². The molecule has 14 heavy (non-hydrogen) atoms. The number of alkyl halides is 1. The Morgan fingerprint density at radius 2 is 1.93 bits per heavy atom. The van der Waals surface area contributed by atoms with Gasteiger partial charge in [0.1, 0.15) is 17.3 Å². The highest BCUT2D eigenvalue weighted by Crippen LogP contribution is 2.18. The number of benzene rings is 1. The Balaban J connectivity index is 2.91. The molecule has 0 fully saturated rings. The second kappa shape index (κ2) is 4.50. The van der Waals surface area contributed by atoms with Crippen molar-refractivity contribution < 1.29 is 13.6 Å². The van der Waals surface area contributed by atoms with E-state index < -0.39 is 28.1 Å². The van der Waals surface area contributed by atoms with E-state index in [1.165, 1.54) is 6.07 Å². The Kier molecular flexibility index (Phi) is 3.57. The molecule has 0 bridgehead atoms. The van der Waals surface area contributed by atoms with Gasteiger partial charge in [0.2, 0.25) is 5.91 Å². The first-order chi connectivity index (χ1) is 6.52. The summed E-state index contributed by atoms with van der Waals surface area (Å²) in [4.78, 5) is 10.6. The van der Waals surface area contributed by atoms with Crippen LogP contribution in [-0.2, 0) is 4.79 Å². The van der Waals surface area contributed by atoms with Crippen LogP contribution in [0.1, 0.15) is 6.92 Å². The zero-order valence-electron chi connectivity index (χ0n) is 7.35. The maximum Gasteiger partial charge on any atom is 0.238 e. The van der Waals surface area contributed by atoms with Gasteiger partial charge in [0.25, 0.3) is 0 Å². The summed E-state index contributed by atoms with van der Waals surface area (Å²) >= 11 is 2.99. The molecule has 2 nitrogen and oxygen atoms in total. The minimum absolute atomic E-state index is 0.413. The van der Waals surface area contributed by atoms with Crippen LogP contribution in [0.5, 0.6) is 0 Å². The molecule has 0 unspecified atom stereocenters. The van der Waals surface area contributed by atoms with Crippen molar-refractivity contribution in [3.05, 3.63) is 29.8 Å². The molecule has 0 radical (unpaired) electrons. The Bertz CT molecular complexity index is 334. The first kappa shape index (κ1) is 11.1. The molecule has 0 aliphatic rings. The Morgan fingerprint density at radius 1 is 1.43 bits per heavy atom. The van der Waals surface area contributed by atoms with Crippen molar-refractivity contribution in [2.75, 3.05) is 5.32 Å². The van der Waals surface area contributed by atoms with Crippen LogP contribution in [-0.4, -0.2) is 10.7 Å². The van der Waals surface area contributed by atoms with Crippen molar-refractivity contribution in [3.63, 3.8) is 0 Å². The van der Waals surface area contributed by atoms with Gasteiger partial charge in [-0.2, -0.15) is 0 Å². The van der Waals surface area contributed by atoms with E-state index in [9.17, 15) is 13.6 Å². The molecule has 0 saturated heterocycles. The van der Waals surface area contributed by atoms with E-state index in [0.29, 0.717) is 0 Å². The number of amides is 1. The second-order valence-electron chi connectivity index (χ2n) is 2.70. The van der Waals surface area contributed by atoms with Crippen molar-refractivity contribution in [1.29, 1.82) is 0 Å². The van der Waals surface area contributed by atoms with E-state index in [4.69, 9.17) is 0 Å². The molecular weight excluding hydrogens is 256 g/mol. The van der Waals surface area contributed by atoms with Gasteiger partial charge >= 0.3 is 0 Å². The third-order valence-electron chi connectivity index (χ3n) is 1.57. The maximum atomic E-state index is 13.0. The maximum absolute atomic E-state index is 13.0. The fourth-order valence-corrected chi connectivity index (χ4v) is 0.954. The average molecular weight is 264 g/mol. The molecule has 0 aromatic heterocycles. The van der Waals surface area contributed by atoms with Gasteiger partial charge in [0.05, 0.1) is 4.83 Å². The van der Waals surface area contributed by atoms with E-state index in [2.05, 4.69) is 21.2 Å². The summed E-state index contributed by atoms with van der Waals surface area (Å²) < 4.78 is 26.0. The van der Waals surface area contributed by atoms with Crippen molar-refractivity contribution in [2.24, 2.45) is 0 Å². The number of carbonyl (C=O) groups is 1. The SMILES string of the molecule is C[C@H](Br)C(=O)Nc1c(F)cccc1F. The molecule has 1 atom stereocenters. The molecule has 1 amide bonds. The lowest BCUT2D eigenvalue weighted by molar-refractivity contribution is -0.115. The molecule has 5 heteroatoms. The third kappa shape index (κ3) is 2.51. The summed E-state index contributed by atoms with van der Waals surface area (Å²) in [6.07, 6.45) is 0. The van der Waals surface area contributed by atoms with Gasteiger partial charge in [0.15, 0.2) is 0 Å². The quantitative estimate of drug-likeness (QED) is 0.817. The zero-order chi connectivity index (χ0) is 10.7. The highest BCUT2D eigenvalue weighted by molar-refractivity contribution is 9.10. The highest BCUT2D eigenvalue weighted by Gasteiger charge is 2.14. The van der Waals surface area contributed by atoms with Gasteiger partial charge in [-0.05, 0) is 19.1 Å². The van der Waals surface area contributed by atoms with Crippen LogP contribution in [0.25, 0.3) is 0 Å². The number of hydrogen-bond acceptors (Lipinski definition) is 1. The van der Waals surface area contributed by atoms with Gasteiger partial charge in [-0.25, -0.2) is 8.78 Å². The van der Waals surface area contributed by atoms with E-state index >= 15 is 0 Å². The smallest absolute Gasteiger partial charge is 0.238 e. The predicted octanol–water partition coefficient (Wildman–Crippen LogP) is 2.69. The first-order valence-corrected chi connectivity index (χ1v) is 4.83. The Labute approximate surface area is 88.4 Å². The van der Waals surface area contributed by atoms with Crippen LogP contribution in [0.4, 0.5) is 14.5 Å². The van der Waals surface area contributed by atoms with Crippen molar-refractivity contribution in [3.8, 4) is 0 Å².